The van der Waals surface area contributed by atoms with Crippen LogP contribution in [-0.4, -0.2) is 36.6 Å². The number of hydrogen-bond donors (Lipinski definition) is 0. The third-order valence-electron chi connectivity index (χ3n) is 6.88. The van der Waals surface area contributed by atoms with Crippen LogP contribution in [0.4, 0.5) is 0 Å². The van der Waals surface area contributed by atoms with E-state index in [0.29, 0.717) is 24.0 Å². The molecule has 3 atom stereocenters. The van der Waals surface area contributed by atoms with E-state index in [1.54, 1.807) is 17.6 Å². The highest BCUT2D eigenvalue weighted by Gasteiger charge is 2.71. The first-order chi connectivity index (χ1) is 10.8. The highest BCUT2D eigenvalue weighted by atomic mass is 32.2. The summed E-state index contributed by atoms with van der Waals surface area (Å²) in [5, 5.41) is 0. The number of pyridine rings is 1. The Labute approximate surface area is 138 Å². The van der Waals surface area contributed by atoms with Crippen LogP contribution in [0.15, 0.2) is 18.3 Å². The molecule has 1 aliphatic heterocycles. The number of hydrogen-bond acceptors (Lipinski definition) is 4. The maximum absolute atomic E-state index is 12.8. The minimum atomic E-state index is -3.21. The predicted octanol–water partition coefficient (Wildman–Crippen LogP) is 2.43. The molecule has 1 spiro atoms. The van der Waals surface area contributed by atoms with E-state index in [0.717, 1.165) is 18.5 Å². The molecular formula is C17H24N2O3S. The van der Waals surface area contributed by atoms with Crippen LogP contribution in [0, 0.1) is 16.7 Å². The van der Waals surface area contributed by atoms with Crippen LogP contribution in [0.25, 0.3) is 0 Å². The SMILES string of the molecule is COc1ccc(CN2[C@H]3C[C@H]4CCC3(CS2(=O)=O)C4(C)C)nc1. The second-order valence-corrected chi connectivity index (χ2v) is 9.78. The number of sulfonamides is 1. The van der Waals surface area contributed by atoms with Crippen molar-refractivity contribution in [3.05, 3.63) is 24.0 Å². The molecule has 2 bridgehead atoms. The van der Waals surface area contributed by atoms with Crippen molar-refractivity contribution in [1.82, 2.24) is 9.29 Å². The summed E-state index contributed by atoms with van der Waals surface area (Å²) in [5.74, 6) is 1.65. The molecular weight excluding hydrogens is 312 g/mol. The molecule has 3 aliphatic rings. The summed E-state index contributed by atoms with van der Waals surface area (Å²) >= 11 is 0. The summed E-state index contributed by atoms with van der Waals surface area (Å²) in [5.41, 5.74) is 0.836. The van der Waals surface area contributed by atoms with Crippen LogP contribution >= 0.6 is 0 Å². The van der Waals surface area contributed by atoms with Gasteiger partial charge in [-0.25, -0.2) is 8.42 Å². The highest BCUT2D eigenvalue weighted by Crippen LogP contribution is 2.70. The fourth-order valence-electron chi connectivity index (χ4n) is 5.37. The van der Waals surface area contributed by atoms with Crippen LogP contribution < -0.4 is 4.74 Å². The molecule has 2 saturated carbocycles. The molecule has 5 nitrogen and oxygen atoms in total. The van der Waals surface area contributed by atoms with Crippen LogP contribution in [0.5, 0.6) is 5.75 Å². The standard InChI is InChI=1S/C17H24N2O3S/c1-16(2)12-6-7-17(16)11-23(20,21)19(15(17)8-12)10-13-4-5-14(22-3)9-18-13/h4-5,9,12,15H,6-8,10-11H2,1-3H3/t12-,15+,17?/m1/s1. The van der Waals surface area contributed by atoms with E-state index in [4.69, 9.17) is 4.74 Å². The van der Waals surface area contributed by atoms with Crippen molar-refractivity contribution in [3.8, 4) is 5.75 Å². The fraction of sp³-hybridized carbons (Fsp3) is 0.706. The second-order valence-electron chi connectivity index (χ2n) is 7.86. The van der Waals surface area contributed by atoms with E-state index in [2.05, 4.69) is 18.8 Å². The van der Waals surface area contributed by atoms with E-state index in [1.807, 2.05) is 12.1 Å². The first kappa shape index (κ1) is 15.4. The molecule has 1 aromatic heterocycles. The molecule has 1 saturated heterocycles. The van der Waals surface area contributed by atoms with Gasteiger partial charge in [-0.2, -0.15) is 4.31 Å². The Balaban J connectivity index is 1.66. The second kappa shape index (κ2) is 4.70. The lowest BCUT2D eigenvalue weighted by atomic mass is 9.69. The lowest BCUT2D eigenvalue weighted by molar-refractivity contribution is 0.111. The molecule has 2 aliphatic carbocycles. The van der Waals surface area contributed by atoms with E-state index in [1.165, 1.54) is 6.42 Å². The van der Waals surface area contributed by atoms with Gasteiger partial charge in [0.1, 0.15) is 5.75 Å². The monoisotopic (exact) mass is 336 g/mol. The third kappa shape index (κ3) is 1.94. The van der Waals surface area contributed by atoms with Crippen molar-refractivity contribution in [2.45, 2.75) is 45.7 Å². The molecule has 3 fully saturated rings. The number of rotatable bonds is 3. The third-order valence-corrected chi connectivity index (χ3v) is 8.86. The van der Waals surface area contributed by atoms with Gasteiger partial charge in [-0.15, -0.1) is 0 Å². The first-order valence-corrected chi connectivity index (χ1v) is 9.89. The van der Waals surface area contributed by atoms with Gasteiger partial charge in [0.15, 0.2) is 0 Å². The van der Waals surface area contributed by atoms with Crippen LogP contribution in [0.2, 0.25) is 0 Å². The van der Waals surface area contributed by atoms with Gasteiger partial charge >= 0.3 is 0 Å². The number of fused-ring (bicyclic) bond motifs is 1. The quantitative estimate of drug-likeness (QED) is 0.850. The van der Waals surface area contributed by atoms with Gasteiger partial charge in [-0.1, -0.05) is 13.8 Å². The first-order valence-electron chi connectivity index (χ1n) is 8.29. The Morgan fingerprint density at radius 2 is 2.17 bits per heavy atom. The molecule has 2 heterocycles. The summed E-state index contributed by atoms with van der Waals surface area (Å²) in [7, 11) is -1.61. The van der Waals surface area contributed by atoms with Gasteiger partial charge < -0.3 is 4.74 Å². The van der Waals surface area contributed by atoms with Crippen LogP contribution in [0.1, 0.15) is 38.8 Å². The normalized spacial score (nSPS) is 37.0. The maximum atomic E-state index is 12.8. The molecule has 4 rings (SSSR count). The Hall–Kier alpha value is -1.14. The zero-order chi connectivity index (χ0) is 16.5. The zero-order valence-corrected chi connectivity index (χ0v) is 14.8. The Morgan fingerprint density at radius 1 is 1.39 bits per heavy atom. The largest absolute Gasteiger partial charge is 0.495 e. The zero-order valence-electron chi connectivity index (χ0n) is 13.9. The van der Waals surface area contributed by atoms with E-state index >= 15 is 0 Å². The van der Waals surface area contributed by atoms with Gasteiger partial charge in [0, 0.05) is 11.5 Å². The van der Waals surface area contributed by atoms with Crippen LogP contribution in [-0.2, 0) is 16.6 Å². The topological polar surface area (TPSA) is 59.5 Å². The minimum Gasteiger partial charge on any atom is -0.495 e. The van der Waals surface area contributed by atoms with Crippen LogP contribution in [0.3, 0.4) is 0 Å². The number of aromatic nitrogens is 1. The fourth-order valence-corrected chi connectivity index (χ4v) is 7.90. The maximum Gasteiger partial charge on any atom is 0.215 e. The Morgan fingerprint density at radius 3 is 2.78 bits per heavy atom. The van der Waals surface area contributed by atoms with Crippen molar-refractivity contribution >= 4 is 10.0 Å². The summed E-state index contributed by atoms with van der Waals surface area (Å²) in [6.07, 6.45) is 4.87. The Kier molecular flexibility index (Phi) is 3.14. The summed E-state index contributed by atoms with van der Waals surface area (Å²) in [4.78, 5) is 4.36. The molecule has 126 valence electrons. The number of ether oxygens (including phenoxy) is 1. The number of nitrogens with zero attached hydrogens (tertiary/aromatic N) is 2. The molecule has 0 amide bonds. The molecule has 6 heteroatoms. The smallest absolute Gasteiger partial charge is 0.215 e. The average molecular weight is 336 g/mol. The summed E-state index contributed by atoms with van der Waals surface area (Å²) in [6.45, 7) is 4.92. The molecule has 1 unspecified atom stereocenters. The van der Waals surface area contributed by atoms with Crippen molar-refractivity contribution in [2.24, 2.45) is 16.7 Å². The Bertz CT molecular complexity index is 729. The lowest BCUT2D eigenvalue weighted by Gasteiger charge is -2.37. The van der Waals surface area contributed by atoms with Gasteiger partial charge in [-0.05, 0) is 42.7 Å². The molecule has 0 N–H and O–H groups in total. The molecule has 1 aromatic rings. The van der Waals surface area contributed by atoms with Gasteiger partial charge in [0.25, 0.3) is 0 Å². The van der Waals surface area contributed by atoms with E-state index in [9.17, 15) is 8.42 Å². The van der Waals surface area contributed by atoms with Crippen molar-refractivity contribution < 1.29 is 13.2 Å². The summed E-state index contributed by atoms with van der Waals surface area (Å²) < 4.78 is 32.6. The van der Waals surface area contributed by atoms with Crippen molar-refractivity contribution in [3.63, 3.8) is 0 Å². The van der Waals surface area contributed by atoms with E-state index in [-0.39, 0.29) is 16.9 Å². The van der Waals surface area contributed by atoms with Gasteiger partial charge in [-0.3, -0.25) is 4.98 Å². The summed E-state index contributed by atoms with van der Waals surface area (Å²) in [6, 6.07) is 3.84. The van der Waals surface area contributed by atoms with E-state index < -0.39 is 10.0 Å². The average Bonchev–Trinajstić information content (AvgIpc) is 2.97. The molecule has 0 radical (unpaired) electrons. The number of methoxy groups -OCH3 is 1. The van der Waals surface area contributed by atoms with Crippen molar-refractivity contribution in [2.75, 3.05) is 12.9 Å². The molecule has 23 heavy (non-hydrogen) atoms. The van der Waals surface area contributed by atoms with Gasteiger partial charge in [0.05, 0.1) is 31.3 Å². The lowest BCUT2D eigenvalue weighted by Crippen LogP contribution is -2.41. The predicted molar refractivity (Wildman–Crippen MR) is 87.5 cm³/mol. The van der Waals surface area contributed by atoms with Crippen molar-refractivity contribution in [1.29, 1.82) is 0 Å². The molecule has 0 aromatic carbocycles. The van der Waals surface area contributed by atoms with Gasteiger partial charge in [0.2, 0.25) is 10.0 Å². The minimum absolute atomic E-state index is 0.0665. The highest BCUT2D eigenvalue weighted by molar-refractivity contribution is 7.89.